The summed E-state index contributed by atoms with van der Waals surface area (Å²) in [6.45, 7) is 5.07. The van der Waals surface area contributed by atoms with Crippen LogP contribution in [0.4, 0.5) is 0 Å². The van der Waals surface area contributed by atoms with Crippen LogP contribution in [-0.2, 0) is 19.4 Å². The smallest absolute Gasteiger partial charge is 0.335 e. The van der Waals surface area contributed by atoms with Gasteiger partial charge in [0, 0.05) is 0 Å². The van der Waals surface area contributed by atoms with Gasteiger partial charge in [-0.1, -0.05) is 25.1 Å². The maximum Gasteiger partial charge on any atom is 0.335 e. The van der Waals surface area contributed by atoms with E-state index in [1.807, 2.05) is 12.1 Å². The van der Waals surface area contributed by atoms with Crippen LogP contribution in [0.2, 0.25) is 0 Å². The van der Waals surface area contributed by atoms with Crippen molar-refractivity contribution in [1.29, 1.82) is 0 Å². The molecule has 0 radical (unpaired) electrons. The first kappa shape index (κ1) is 17.0. The van der Waals surface area contributed by atoms with Gasteiger partial charge in [-0.3, -0.25) is 4.90 Å². The van der Waals surface area contributed by atoms with E-state index in [4.69, 9.17) is 0 Å². The van der Waals surface area contributed by atoms with Crippen molar-refractivity contribution < 1.29 is 9.90 Å². The molecule has 1 aliphatic rings. The van der Waals surface area contributed by atoms with E-state index in [1.165, 1.54) is 0 Å². The van der Waals surface area contributed by atoms with Crippen LogP contribution in [0.1, 0.15) is 45.7 Å². The minimum absolute atomic E-state index is 0.445. The molecule has 5 nitrogen and oxygen atoms in total. The van der Waals surface area contributed by atoms with Gasteiger partial charge in [-0.15, -0.1) is 21.5 Å². The molecule has 128 valence electrons. The summed E-state index contributed by atoms with van der Waals surface area (Å²) in [6.07, 6.45) is 4.01. The van der Waals surface area contributed by atoms with Gasteiger partial charge >= 0.3 is 5.97 Å². The first-order valence-corrected chi connectivity index (χ1v) is 9.32. The van der Waals surface area contributed by atoms with E-state index in [-0.39, 0.29) is 0 Å². The van der Waals surface area contributed by atoms with Gasteiger partial charge in [-0.05, 0) is 56.3 Å². The summed E-state index contributed by atoms with van der Waals surface area (Å²) in [5.41, 5.74) is 1.40. The van der Waals surface area contributed by atoms with Crippen LogP contribution in [0, 0.1) is 5.92 Å². The van der Waals surface area contributed by atoms with Crippen LogP contribution in [-0.4, -0.2) is 39.3 Å². The number of aromatic nitrogens is 2. The molecule has 1 aliphatic heterocycles. The Morgan fingerprint density at radius 1 is 1.25 bits per heavy atom. The molecular formula is C18H23N3O2S. The van der Waals surface area contributed by atoms with Gasteiger partial charge in [-0.2, -0.15) is 0 Å². The highest BCUT2D eigenvalue weighted by molar-refractivity contribution is 7.11. The second-order valence-electron chi connectivity index (χ2n) is 6.33. The van der Waals surface area contributed by atoms with Crippen LogP contribution >= 0.6 is 11.3 Å². The lowest BCUT2D eigenvalue weighted by atomic mass is 9.88. The predicted octanol–water partition coefficient (Wildman–Crippen LogP) is 3.25. The third-order valence-electron chi connectivity index (χ3n) is 4.63. The van der Waals surface area contributed by atoms with E-state index >= 15 is 0 Å². The second kappa shape index (κ2) is 7.85. The second-order valence-corrected chi connectivity index (χ2v) is 7.48. The monoisotopic (exact) mass is 345 g/mol. The summed E-state index contributed by atoms with van der Waals surface area (Å²) in [5.74, 6) is -0.270. The molecule has 0 unspecified atom stereocenters. The number of rotatable bonds is 6. The van der Waals surface area contributed by atoms with E-state index in [9.17, 15) is 9.90 Å². The topological polar surface area (TPSA) is 66.3 Å². The Bertz CT molecular complexity index is 693. The molecule has 0 saturated carbocycles. The van der Waals surface area contributed by atoms with Crippen molar-refractivity contribution in [2.75, 3.05) is 13.1 Å². The van der Waals surface area contributed by atoms with E-state index in [0.29, 0.717) is 11.5 Å². The van der Waals surface area contributed by atoms with E-state index < -0.39 is 5.97 Å². The lowest BCUT2D eigenvalue weighted by Crippen LogP contribution is -2.34. The van der Waals surface area contributed by atoms with Gasteiger partial charge < -0.3 is 5.11 Å². The molecule has 1 fully saturated rings. The Balaban J connectivity index is 1.53. The molecule has 0 bridgehead atoms. The Hall–Kier alpha value is -1.79. The summed E-state index contributed by atoms with van der Waals surface area (Å²) in [4.78, 5) is 13.8. The van der Waals surface area contributed by atoms with Crippen LogP contribution in [0.15, 0.2) is 24.3 Å². The zero-order valence-electron chi connectivity index (χ0n) is 13.9. The highest BCUT2D eigenvalue weighted by Crippen LogP contribution is 2.25. The zero-order valence-corrected chi connectivity index (χ0v) is 14.8. The number of piperidine rings is 1. The molecule has 0 atom stereocenters. The van der Waals surface area contributed by atoms with Crippen molar-refractivity contribution in [3.05, 3.63) is 45.4 Å². The highest BCUT2D eigenvalue weighted by Gasteiger charge is 2.22. The van der Waals surface area contributed by atoms with E-state index in [1.54, 1.807) is 23.5 Å². The molecule has 2 heterocycles. The number of hydrogen-bond donors (Lipinski definition) is 1. The predicted molar refractivity (Wildman–Crippen MR) is 94.4 cm³/mol. The third kappa shape index (κ3) is 4.19. The quantitative estimate of drug-likeness (QED) is 0.870. The number of carbonyl (C=O) groups is 1. The van der Waals surface area contributed by atoms with E-state index in [2.05, 4.69) is 22.0 Å². The van der Waals surface area contributed by atoms with Gasteiger partial charge in [-0.25, -0.2) is 4.79 Å². The minimum atomic E-state index is -0.828. The Morgan fingerprint density at radius 3 is 2.62 bits per heavy atom. The van der Waals surface area contributed by atoms with Crippen molar-refractivity contribution in [2.24, 2.45) is 5.92 Å². The largest absolute Gasteiger partial charge is 0.478 e. The SMILES string of the molecule is CCc1nnc(CN2CCC(Cc3ccccc3C(=O)O)CC2)s1. The lowest BCUT2D eigenvalue weighted by Gasteiger charge is -2.31. The molecule has 6 heteroatoms. The van der Waals surface area contributed by atoms with Crippen molar-refractivity contribution in [2.45, 2.75) is 39.2 Å². The van der Waals surface area contributed by atoms with Gasteiger partial charge in [0.15, 0.2) is 0 Å². The molecule has 1 aromatic heterocycles. The average molecular weight is 345 g/mol. The maximum atomic E-state index is 11.3. The van der Waals surface area contributed by atoms with E-state index in [0.717, 1.165) is 60.9 Å². The highest BCUT2D eigenvalue weighted by atomic mass is 32.1. The Morgan fingerprint density at radius 2 is 1.96 bits per heavy atom. The van der Waals surface area contributed by atoms with Gasteiger partial charge in [0.25, 0.3) is 0 Å². The maximum absolute atomic E-state index is 11.3. The molecule has 3 rings (SSSR count). The molecule has 24 heavy (non-hydrogen) atoms. The Labute approximate surface area is 146 Å². The van der Waals surface area contributed by atoms with Crippen LogP contribution in [0.3, 0.4) is 0 Å². The number of aryl methyl sites for hydroxylation is 1. The minimum Gasteiger partial charge on any atom is -0.478 e. The standard InChI is InChI=1S/C18H23N3O2S/c1-2-16-19-20-17(24-16)12-21-9-7-13(8-10-21)11-14-5-3-4-6-15(14)18(22)23/h3-6,13H,2,7-12H2,1H3,(H,22,23). The number of nitrogens with zero attached hydrogens (tertiary/aromatic N) is 3. The summed E-state index contributed by atoms with van der Waals surface area (Å²) < 4.78 is 0. The van der Waals surface area contributed by atoms with Crippen molar-refractivity contribution in [3.63, 3.8) is 0 Å². The average Bonchev–Trinajstić information content (AvgIpc) is 3.04. The van der Waals surface area contributed by atoms with Gasteiger partial charge in [0.2, 0.25) is 0 Å². The molecule has 1 aromatic carbocycles. The molecule has 1 saturated heterocycles. The lowest BCUT2D eigenvalue weighted by molar-refractivity contribution is 0.0695. The third-order valence-corrected chi connectivity index (χ3v) is 5.69. The fraction of sp³-hybridized carbons (Fsp3) is 0.500. The number of hydrogen-bond acceptors (Lipinski definition) is 5. The number of carboxylic acid groups (broad SMARTS) is 1. The summed E-state index contributed by atoms with van der Waals surface area (Å²) in [5, 5.41) is 19.9. The first-order valence-electron chi connectivity index (χ1n) is 8.50. The first-order chi connectivity index (χ1) is 11.7. The molecule has 1 N–H and O–H groups in total. The Kier molecular flexibility index (Phi) is 5.58. The molecule has 2 aromatic rings. The van der Waals surface area contributed by atoms with Gasteiger partial charge in [0.05, 0.1) is 12.1 Å². The molecular weight excluding hydrogens is 322 g/mol. The molecule has 0 aliphatic carbocycles. The summed E-state index contributed by atoms with van der Waals surface area (Å²) in [6, 6.07) is 7.37. The fourth-order valence-electron chi connectivity index (χ4n) is 3.25. The van der Waals surface area contributed by atoms with Crippen LogP contribution in [0.5, 0.6) is 0 Å². The number of carboxylic acids is 1. The number of aromatic carboxylic acids is 1. The van der Waals surface area contributed by atoms with Crippen LogP contribution < -0.4 is 0 Å². The number of likely N-dealkylation sites (tertiary alicyclic amines) is 1. The fourth-order valence-corrected chi connectivity index (χ4v) is 4.08. The van der Waals surface area contributed by atoms with Gasteiger partial charge in [0.1, 0.15) is 10.0 Å². The van der Waals surface area contributed by atoms with Crippen molar-refractivity contribution >= 4 is 17.3 Å². The zero-order chi connectivity index (χ0) is 16.9. The normalized spacial score (nSPS) is 16.4. The van der Waals surface area contributed by atoms with Crippen molar-refractivity contribution in [1.82, 2.24) is 15.1 Å². The molecule has 0 amide bonds. The number of benzene rings is 1. The molecule has 0 spiro atoms. The summed E-state index contributed by atoms with van der Waals surface area (Å²) >= 11 is 1.71. The van der Waals surface area contributed by atoms with Crippen molar-refractivity contribution in [3.8, 4) is 0 Å². The summed E-state index contributed by atoms with van der Waals surface area (Å²) in [7, 11) is 0. The van der Waals surface area contributed by atoms with Crippen LogP contribution in [0.25, 0.3) is 0 Å².